The van der Waals surface area contributed by atoms with Crippen LogP contribution >= 0.6 is 0 Å². The first kappa shape index (κ1) is 37.3. The highest BCUT2D eigenvalue weighted by atomic mass is 15.1. The number of anilines is 3. The smallest absolute Gasteiger partial charge is 0.0541 e. The van der Waals surface area contributed by atoms with Crippen molar-refractivity contribution in [3.05, 3.63) is 255 Å². The van der Waals surface area contributed by atoms with Gasteiger partial charge in [-0.1, -0.05) is 182 Å². The molecule has 0 aliphatic rings. The summed E-state index contributed by atoms with van der Waals surface area (Å²) in [7, 11) is 0. The maximum absolute atomic E-state index is 2.42. The Morgan fingerprint density at radius 1 is 0.234 bits per heavy atom. The van der Waals surface area contributed by atoms with Gasteiger partial charge in [-0.25, -0.2) is 0 Å². The molecule has 0 spiro atoms. The van der Waals surface area contributed by atoms with E-state index in [-0.39, 0.29) is 0 Å². The second-order valence-corrected chi connectivity index (χ2v) is 16.5. The molecule has 1 heterocycles. The number of aromatic nitrogens is 1. The van der Waals surface area contributed by atoms with E-state index in [0.29, 0.717) is 0 Å². The van der Waals surface area contributed by atoms with Crippen LogP contribution in [0, 0.1) is 0 Å². The minimum absolute atomic E-state index is 1.08. The summed E-state index contributed by atoms with van der Waals surface area (Å²) >= 11 is 0. The lowest BCUT2D eigenvalue weighted by molar-refractivity contribution is 1.17. The lowest BCUT2D eigenvalue weighted by atomic mass is 9.84. The SMILES string of the molecule is c1ccc(-c2cccc(-c3c4ccccc4c(-c4cccc(-c5ccccc5)c4)c4cc(N(c5ccccc5)c5ccc(-n6c7ccccc7c7ccccc76)cc5)ccc34)c2)cc1. The lowest BCUT2D eigenvalue weighted by Gasteiger charge is -2.27. The van der Waals surface area contributed by atoms with Gasteiger partial charge in [-0.2, -0.15) is 0 Å². The van der Waals surface area contributed by atoms with Crippen LogP contribution in [0.2, 0.25) is 0 Å². The van der Waals surface area contributed by atoms with Gasteiger partial charge in [0.05, 0.1) is 11.0 Å². The average molecular weight is 815 g/mol. The molecule has 0 saturated heterocycles. The molecule has 2 heteroatoms. The van der Waals surface area contributed by atoms with Crippen LogP contribution in [0.3, 0.4) is 0 Å². The van der Waals surface area contributed by atoms with Gasteiger partial charge < -0.3 is 9.47 Å². The molecule has 0 saturated carbocycles. The zero-order valence-corrected chi connectivity index (χ0v) is 35.1. The number of para-hydroxylation sites is 3. The van der Waals surface area contributed by atoms with E-state index in [2.05, 4.69) is 264 Å². The van der Waals surface area contributed by atoms with E-state index in [4.69, 9.17) is 0 Å². The van der Waals surface area contributed by atoms with Gasteiger partial charge >= 0.3 is 0 Å². The minimum Gasteiger partial charge on any atom is -0.310 e. The molecule has 12 aromatic rings. The summed E-state index contributed by atoms with van der Waals surface area (Å²) in [5, 5.41) is 7.38. The first-order chi connectivity index (χ1) is 31.8. The Morgan fingerprint density at radius 2 is 0.625 bits per heavy atom. The third-order valence-electron chi connectivity index (χ3n) is 12.7. The molecule has 0 aliphatic heterocycles. The molecule has 64 heavy (non-hydrogen) atoms. The molecule has 0 unspecified atom stereocenters. The molecule has 0 amide bonds. The highest BCUT2D eigenvalue weighted by Gasteiger charge is 2.21. The predicted molar refractivity (Wildman–Crippen MR) is 272 cm³/mol. The van der Waals surface area contributed by atoms with E-state index >= 15 is 0 Å². The molecular weight excluding hydrogens is 773 g/mol. The van der Waals surface area contributed by atoms with E-state index in [1.807, 2.05) is 0 Å². The van der Waals surface area contributed by atoms with Crippen molar-refractivity contribution in [1.29, 1.82) is 0 Å². The van der Waals surface area contributed by atoms with Crippen molar-refractivity contribution in [3.63, 3.8) is 0 Å². The largest absolute Gasteiger partial charge is 0.310 e. The highest BCUT2D eigenvalue weighted by Crippen LogP contribution is 2.47. The van der Waals surface area contributed by atoms with Gasteiger partial charge in [-0.3, -0.25) is 0 Å². The molecule has 0 atom stereocenters. The van der Waals surface area contributed by atoms with Crippen molar-refractivity contribution in [2.45, 2.75) is 0 Å². The molecule has 11 aromatic carbocycles. The average Bonchev–Trinajstić information content (AvgIpc) is 3.71. The molecule has 0 fully saturated rings. The fraction of sp³-hybridized carbons (Fsp3) is 0. The van der Waals surface area contributed by atoms with E-state index in [1.165, 1.54) is 87.9 Å². The number of rotatable bonds is 8. The van der Waals surface area contributed by atoms with Crippen molar-refractivity contribution >= 4 is 60.4 Å². The van der Waals surface area contributed by atoms with Gasteiger partial charge in [0.25, 0.3) is 0 Å². The van der Waals surface area contributed by atoms with Crippen molar-refractivity contribution in [1.82, 2.24) is 4.57 Å². The van der Waals surface area contributed by atoms with Crippen LogP contribution in [-0.2, 0) is 0 Å². The quantitative estimate of drug-likeness (QED) is 0.139. The molecule has 0 bridgehead atoms. The Bertz CT molecular complexity index is 3590. The number of benzene rings is 11. The Hall–Kier alpha value is -8.46. The number of hydrogen-bond donors (Lipinski definition) is 0. The van der Waals surface area contributed by atoms with Crippen LogP contribution in [0.1, 0.15) is 0 Å². The molecule has 1 aromatic heterocycles. The van der Waals surface area contributed by atoms with Gasteiger partial charge in [0.2, 0.25) is 0 Å². The summed E-state index contributed by atoms with van der Waals surface area (Å²) in [6, 6.07) is 92.7. The van der Waals surface area contributed by atoms with E-state index in [0.717, 1.165) is 22.7 Å². The first-order valence-electron chi connectivity index (χ1n) is 22.0. The second kappa shape index (κ2) is 15.8. The fourth-order valence-corrected chi connectivity index (χ4v) is 9.87. The van der Waals surface area contributed by atoms with Gasteiger partial charge in [-0.05, 0) is 139 Å². The van der Waals surface area contributed by atoms with E-state index in [9.17, 15) is 0 Å². The molecule has 300 valence electrons. The van der Waals surface area contributed by atoms with Crippen LogP contribution < -0.4 is 4.90 Å². The van der Waals surface area contributed by atoms with Crippen molar-refractivity contribution in [2.24, 2.45) is 0 Å². The Labute approximate surface area is 373 Å². The Balaban J connectivity index is 1.09. The summed E-state index contributed by atoms with van der Waals surface area (Å²) in [5.74, 6) is 0. The van der Waals surface area contributed by atoms with Crippen molar-refractivity contribution in [2.75, 3.05) is 4.90 Å². The maximum Gasteiger partial charge on any atom is 0.0541 e. The van der Waals surface area contributed by atoms with Gasteiger partial charge in [0.1, 0.15) is 0 Å². The van der Waals surface area contributed by atoms with Gasteiger partial charge in [0.15, 0.2) is 0 Å². The number of fused-ring (bicyclic) bond motifs is 5. The van der Waals surface area contributed by atoms with Crippen LogP contribution in [0.5, 0.6) is 0 Å². The molecule has 0 N–H and O–H groups in total. The van der Waals surface area contributed by atoms with E-state index < -0.39 is 0 Å². The predicted octanol–water partition coefficient (Wildman–Crippen LogP) is 17.2. The molecule has 0 aliphatic carbocycles. The zero-order chi connectivity index (χ0) is 42.4. The fourth-order valence-electron chi connectivity index (χ4n) is 9.87. The highest BCUT2D eigenvalue weighted by molar-refractivity contribution is 6.22. The zero-order valence-electron chi connectivity index (χ0n) is 35.1. The summed E-state index contributed by atoms with van der Waals surface area (Å²) in [5.41, 5.74) is 16.4. The Kier molecular flexibility index (Phi) is 9.20. The topological polar surface area (TPSA) is 8.17 Å². The maximum atomic E-state index is 2.42. The molecule has 0 radical (unpaired) electrons. The summed E-state index contributed by atoms with van der Waals surface area (Å²) in [6.07, 6.45) is 0. The number of nitrogens with zero attached hydrogens (tertiary/aromatic N) is 2. The first-order valence-corrected chi connectivity index (χ1v) is 22.0. The van der Waals surface area contributed by atoms with Crippen molar-refractivity contribution < 1.29 is 0 Å². The summed E-state index contributed by atoms with van der Waals surface area (Å²) in [4.78, 5) is 2.39. The molecule has 12 rings (SSSR count). The molecular formula is C62H42N2. The van der Waals surface area contributed by atoms with Crippen LogP contribution in [0.15, 0.2) is 255 Å². The Morgan fingerprint density at radius 3 is 1.17 bits per heavy atom. The van der Waals surface area contributed by atoms with Crippen LogP contribution in [0.4, 0.5) is 17.1 Å². The standard InChI is InChI=1S/C62H42N2/c1-4-18-43(19-5-1)45-22-16-24-47(40-45)61-55-30-10-11-31-56(55)62(48-25-17-23-46(41-48)44-20-6-2-7-21-44)58-42-52(38-39-57(58)61)63(49-26-8-3-9-27-49)50-34-36-51(37-35-50)64-59-32-14-12-28-53(59)54-29-13-15-33-60(54)64/h1-42H. The van der Waals surface area contributed by atoms with Crippen molar-refractivity contribution in [3.8, 4) is 50.2 Å². The number of hydrogen-bond acceptors (Lipinski definition) is 1. The molecule has 2 nitrogen and oxygen atoms in total. The monoisotopic (exact) mass is 814 g/mol. The van der Waals surface area contributed by atoms with Crippen LogP contribution in [-0.4, -0.2) is 4.57 Å². The third-order valence-corrected chi connectivity index (χ3v) is 12.7. The van der Waals surface area contributed by atoms with E-state index in [1.54, 1.807) is 0 Å². The van der Waals surface area contributed by atoms with Crippen LogP contribution in [0.25, 0.3) is 93.5 Å². The second-order valence-electron chi connectivity index (χ2n) is 16.5. The summed E-state index contributed by atoms with van der Waals surface area (Å²) < 4.78 is 2.38. The van der Waals surface area contributed by atoms with Gasteiger partial charge in [0, 0.05) is 33.5 Å². The summed E-state index contributed by atoms with van der Waals surface area (Å²) in [6.45, 7) is 0. The third kappa shape index (κ3) is 6.44. The minimum atomic E-state index is 1.08. The normalized spacial score (nSPS) is 11.4. The lowest BCUT2D eigenvalue weighted by Crippen LogP contribution is -2.10. The van der Waals surface area contributed by atoms with Gasteiger partial charge in [-0.15, -0.1) is 0 Å².